The third-order valence-corrected chi connectivity index (χ3v) is 6.77. The average Bonchev–Trinajstić information content (AvgIpc) is 2.91. The molecule has 0 aliphatic rings. The van der Waals surface area contributed by atoms with Crippen molar-refractivity contribution in [2.24, 2.45) is 0 Å². The van der Waals surface area contributed by atoms with Crippen LogP contribution < -0.4 is 10.6 Å². The maximum Gasteiger partial charge on any atom is 0.408 e. The molecule has 0 heterocycles. The maximum atomic E-state index is 14.4. The van der Waals surface area contributed by atoms with Crippen molar-refractivity contribution in [3.8, 4) is 0 Å². The standard InChI is InChI=1S/C34H43N3O4/c1-23(2)37(32(39)29(21-26-14-10-8-11-15-26)36-33(40)41-34(5,6)7)30(28-19-18-24(3)25(4)20-28)31(38)35-22-27-16-12-9-13-17-27/h8-20,23,29-30H,21-22H2,1-7H3,(H,35,38)(H,36,40). The van der Waals surface area contributed by atoms with Gasteiger partial charge in [0.05, 0.1) is 0 Å². The Morgan fingerprint density at radius 1 is 0.829 bits per heavy atom. The Labute approximate surface area is 244 Å². The van der Waals surface area contributed by atoms with Crippen LogP contribution in [0, 0.1) is 13.8 Å². The van der Waals surface area contributed by atoms with E-state index < -0.39 is 23.8 Å². The molecule has 0 aliphatic carbocycles. The van der Waals surface area contributed by atoms with Crippen molar-refractivity contribution in [3.05, 3.63) is 107 Å². The summed E-state index contributed by atoms with van der Waals surface area (Å²) in [6, 6.07) is 22.7. The first-order chi connectivity index (χ1) is 19.4. The number of hydrogen-bond acceptors (Lipinski definition) is 4. The molecular formula is C34H43N3O4. The molecule has 3 aromatic rings. The molecule has 0 spiro atoms. The number of nitrogens with zero attached hydrogens (tertiary/aromatic N) is 1. The number of aryl methyl sites for hydroxylation is 2. The van der Waals surface area contributed by atoms with Crippen molar-refractivity contribution < 1.29 is 19.1 Å². The largest absolute Gasteiger partial charge is 0.444 e. The van der Waals surface area contributed by atoms with Crippen molar-refractivity contribution in [1.82, 2.24) is 15.5 Å². The van der Waals surface area contributed by atoms with Gasteiger partial charge >= 0.3 is 6.09 Å². The highest BCUT2D eigenvalue weighted by Crippen LogP contribution is 2.27. The van der Waals surface area contributed by atoms with Crippen LogP contribution in [0.1, 0.15) is 68.5 Å². The van der Waals surface area contributed by atoms with Crippen LogP contribution in [0.5, 0.6) is 0 Å². The quantitative estimate of drug-likeness (QED) is 0.318. The van der Waals surface area contributed by atoms with Gasteiger partial charge in [0.25, 0.3) is 0 Å². The molecular weight excluding hydrogens is 514 g/mol. The van der Waals surface area contributed by atoms with Gasteiger partial charge in [-0.1, -0.05) is 78.9 Å². The molecule has 0 saturated heterocycles. The van der Waals surface area contributed by atoms with Gasteiger partial charge in [-0.3, -0.25) is 9.59 Å². The number of carbonyl (C=O) groups is 3. The number of alkyl carbamates (subject to hydrolysis) is 1. The van der Waals surface area contributed by atoms with Gasteiger partial charge in [0.2, 0.25) is 11.8 Å². The lowest BCUT2D eigenvalue weighted by atomic mass is 9.96. The number of benzene rings is 3. The summed E-state index contributed by atoms with van der Waals surface area (Å²) in [6.45, 7) is 13.4. The molecule has 7 nitrogen and oxygen atoms in total. The number of hydrogen-bond donors (Lipinski definition) is 2. The summed E-state index contributed by atoms with van der Waals surface area (Å²) in [5, 5.41) is 5.83. The fourth-order valence-corrected chi connectivity index (χ4v) is 4.61. The van der Waals surface area contributed by atoms with E-state index in [1.807, 2.05) is 107 Å². The molecule has 0 radical (unpaired) electrons. The highest BCUT2D eigenvalue weighted by Gasteiger charge is 2.38. The van der Waals surface area contributed by atoms with Crippen LogP contribution in [0.3, 0.4) is 0 Å². The van der Waals surface area contributed by atoms with E-state index in [1.165, 1.54) is 0 Å². The van der Waals surface area contributed by atoms with Crippen LogP contribution in [-0.4, -0.2) is 40.5 Å². The molecule has 3 rings (SSSR count). The van der Waals surface area contributed by atoms with Crippen LogP contribution in [0.2, 0.25) is 0 Å². The number of rotatable bonds is 10. The zero-order chi connectivity index (χ0) is 30.2. The maximum absolute atomic E-state index is 14.4. The molecule has 0 bridgehead atoms. The number of ether oxygens (including phenoxy) is 1. The summed E-state index contributed by atoms with van der Waals surface area (Å²) in [5.41, 5.74) is 3.91. The summed E-state index contributed by atoms with van der Waals surface area (Å²) < 4.78 is 5.51. The van der Waals surface area contributed by atoms with E-state index in [4.69, 9.17) is 4.74 Å². The predicted octanol–water partition coefficient (Wildman–Crippen LogP) is 6.03. The van der Waals surface area contributed by atoms with Gasteiger partial charge in [0.15, 0.2) is 0 Å². The van der Waals surface area contributed by atoms with E-state index in [-0.39, 0.29) is 24.3 Å². The van der Waals surface area contributed by atoms with Gasteiger partial charge in [-0.15, -0.1) is 0 Å². The fourth-order valence-electron chi connectivity index (χ4n) is 4.61. The minimum absolute atomic E-state index is 0.243. The summed E-state index contributed by atoms with van der Waals surface area (Å²) in [6.07, 6.45) is -0.445. The summed E-state index contributed by atoms with van der Waals surface area (Å²) in [7, 11) is 0. The van der Waals surface area contributed by atoms with Gasteiger partial charge in [0, 0.05) is 19.0 Å². The lowest BCUT2D eigenvalue weighted by Crippen LogP contribution is -2.55. The Morgan fingerprint density at radius 2 is 1.41 bits per heavy atom. The molecule has 2 unspecified atom stereocenters. The monoisotopic (exact) mass is 557 g/mol. The molecule has 0 saturated carbocycles. The Morgan fingerprint density at radius 3 is 1.95 bits per heavy atom. The number of amides is 3. The highest BCUT2D eigenvalue weighted by molar-refractivity contribution is 5.92. The third-order valence-electron chi connectivity index (χ3n) is 6.77. The van der Waals surface area contributed by atoms with Gasteiger partial charge < -0.3 is 20.3 Å². The van der Waals surface area contributed by atoms with Gasteiger partial charge in [-0.2, -0.15) is 0 Å². The van der Waals surface area contributed by atoms with E-state index in [1.54, 1.807) is 25.7 Å². The second-order valence-corrected chi connectivity index (χ2v) is 11.7. The molecule has 2 N–H and O–H groups in total. The van der Waals surface area contributed by atoms with Gasteiger partial charge in [0.1, 0.15) is 17.7 Å². The zero-order valence-corrected chi connectivity index (χ0v) is 25.2. The zero-order valence-electron chi connectivity index (χ0n) is 25.2. The highest BCUT2D eigenvalue weighted by atomic mass is 16.6. The van der Waals surface area contributed by atoms with Crippen LogP contribution in [0.25, 0.3) is 0 Å². The minimum atomic E-state index is -0.953. The average molecular weight is 558 g/mol. The minimum Gasteiger partial charge on any atom is -0.444 e. The number of nitrogens with one attached hydrogen (secondary N) is 2. The van der Waals surface area contributed by atoms with E-state index in [0.29, 0.717) is 12.1 Å². The summed E-state index contributed by atoms with van der Waals surface area (Å²) >= 11 is 0. The van der Waals surface area contributed by atoms with Crippen molar-refractivity contribution in [3.63, 3.8) is 0 Å². The Kier molecular flexibility index (Phi) is 10.7. The van der Waals surface area contributed by atoms with Crippen molar-refractivity contribution >= 4 is 17.9 Å². The fraction of sp³-hybridized carbons (Fsp3) is 0.382. The first kappa shape index (κ1) is 31.4. The lowest BCUT2D eigenvalue weighted by molar-refractivity contribution is -0.144. The molecule has 2 atom stereocenters. The van der Waals surface area contributed by atoms with Crippen molar-refractivity contribution in [2.45, 2.75) is 85.2 Å². The lowest BCUT2D eigenvalue weighted by Gasteiger charge is -2.37. The van der Waals surface area contributed by atoms with Crippen molar-refractivity contribution in [2.75, 3.05) is 0 Å². The first-order valence-electron chi connectivity index (χ1n) is 14.1. The molecule has 0 fully saturated rings. The summed E-state index contributed by atoms with van der Waals surface area (Å²) in [4.78, 5) is 42.8. The topological polar surface area (TPSA) is 87.7 Å². The molecule has 3 amide bonds. The SMILES string of the molecule is Cc1ccc(C(C(=O)NCc2ccccc2)N(C(=O)C(Cc2ccccc2)NC(=O)OC(C)(C)C)C(C)C)cc1C. The van der Waals surface area contributed by atoms with Crippen LogP contribution in [0.15, 0.2) is 78.9 Å². The Hall–Kier alpha value is -4.13. The van der Waals surface area contributed by atoms with Crippen LogP contribution in [-0.2, 0) is 27.3 Å². The van der Waals surface area contributed by atoms with E-state index in [2.05, 4.69) is 10.6 Å². The molecule has 0 aromatic heterocycles. The van der Waals surface area contributed by atoms with Crippen molar-refractivity contribution in [1.29, 1.82) is 0 Å². The molecule has 3 aromatic carbocycles. The smallest absolute Gasteiger partial charge is 0.408 e. The predicted molar refractivity (Wildman–Crippen MR) is 162 cm³/mol. The Balaban J connectivity index is 2.02. The summed E-state index contributed by atoms with van der Waals surface area (Å²) in [5.74, 6) is -0.664. The van der Waals surface area contributed by atoms with E-state index in [9.17, 15) is 14.4 Å². The normalized spacial score (nSPS) is 12.8. The molecule has 7 heteroatoms. The van der Waals surface area contributed by atoms with E-state index >= 15 is 0 Å². The van der Waals surface area contributed by atoms with Crippen LogP contribution >= 0.6 is 0 Å². The Bertz CT molecular complexity index is 1320. The third kappa shape index (κ3) is 9.20. The molecule has 218 valence electrons. The van der Waals surface area contributed by atoms with E-state index in [0.717, 1.165) is 22.3 Å². The molecule has 0 aliphatic heterocycles. The van der Waals surface area contributed by atoms with Crippen LogP contribution in [0.4, 0.5) is 4.79 Å². The second kappa shape index (κ2) is 14.0. The van der Waals surface area contributed by atoms with Gasteiger partial charge in [-0.25, -0.2) is 4.79 Å². The van der Waals surface area contributed by atoms with Gasteiger partial charge in [-0.05, 0) is 76.3 Å². The number of carbonyl (C=O) groups excluding carboxylic acids is 3. The first-order valence-corrected chi connectivity index (χ1v) is 14.1. The second-order valence-electron chi connectivity index (χ2n) is 11.7. The molecule has 41 heavy (non-hydrogen) atoms.